The Hall–Kier alpha value is -4.94. The van der Waals surface area contributed by atoms with Crippen molar-refractivity contribution in [2.75, 3.05) is 31.3 Å². The van der Waals surface area contributed by atoms with Crippen LogP contribution in [0.15, 0.2) is 103 Å². The van der Waals surface area contributed by atoms with Crippen LogP contribution in [0.4, 0.5) is 10.5 Å². The summed E-state index contributed by atoms with van der Waals surface area (Å²) in [4.78, 5) is 40.2. The molecule has 5 aromatic rings. The number of aliphatic hydroxyl groups excluding tert-OH is 3. The summed E-state index contributed by atoms with van der Waals surface area (Å²) in [6, 6.07) is 25.9. The number of aryl methyl sites for hydroxylation is 1. The molecular formula is C41H47N7O8S. The number of hydrogen-bond acceptors (Lipinski definition) is 13. The molecule has 8 atom stereocenters. The van der Waals surface area contributed by atoms with E-state index in [2.05, 4.69) is 37.8 Å². The van der Waals surface area contributed by atoms with Crippen molar-refractivity contribution in [3.05, 3.63) is 114 Å². The molecule has 2 aliphatic heterocycles. The second-order valence-electron chi connectivity index (χ2n) is 14.1. The summed E-state index contributed by atoms with van der Waals surface area (Å²) in [5.41, 5.74) is 4.27. The number of fused-ring (bicyclic) bond motifs is 1. The van der Waals surface area contributed by atoms with Crippen molar-refractivity contribution in [3.63, 3.8) is 0 Å². The van der Waals surface area contributed by atoms with E-state index in [1.54, 1.807) is 4.57 Å². The number of para-hydroxylation sites is 1. The first-order chi connectivity index (χ1) is 27.7. The summed E-state index contributed by atoms with van der Waals surface area (Å²) in [6.45, 7) is 2.30. The Bertz CT molecular complexity index is 2070. The van der Waals surface area contributed by atoms with Gasteiger partial charge in [-0.2, -0.15) is 0 Å². The summed E-state index contributed by atoms with van der Waals surface area (Å²) in [7, 11) is 1.27. The molecule has 2 fully saturated rings. The van der Waals surface area contributed by atoms with Crippen LogP contribution in [0.3, 0.4) is 0 Å². The quantitative estimate of drug-likeness (QED) is 0.0706. The zero-order valence-electron chi connectivity index (χ0n) is 31.5. The van der Waals surface area contributed by atoms with Crippen LogP contribution >= 0.6 is 11.8 Å². The summed E-state index contributed by atoms with van der Waals surface area (Å²) in [5.74, 6) is -0.299. The van der Waals surface area contributed by atoms with Gasteiger partial charge in [0.25, 0.3) is 0 Å². The number of methoxy groups -OCH3 is 1. The molecule has 7 rings (SSSR count). The van der Waals surface area contributed by atoms with E-state index in [-0.39, 0.29) is 24.2 Å². The number of thioether (sulfide) groups is 1. The SMILES string of the molecule is COC(=O)NC(C(=O)Nc1ccccc1CC[C@@H]1CN[C@H](C)[C@@H](CSc2ncnc3c2ncn3[C@@H]2O[C@H](CO)[C@@H](O)[C@H]2O)O1)C(c1ccccc1)c1ccccc1. The highest BCUT2D eigenvalue weighted by molar-refractivity contribution is 7.99. The van der Waals surface area contributed by atoms with Gasteiger partial charge in [-0.3, -0.25) is 9.36 Å². The fourth-order valence-corrected chi connectivity index (χ4v) is 8.47. The van der Waals surface area contributed by atoms with Crippen molar-refractivity contribution >= 4 is 40.6 Å². The van der Waals surface area contributed by atoms with Gasteiger partial charge in [0.1, 0.15) is 41.2 Å². The minimum absolute atomic E-state index is 0.0653. The predicted octanol–water partition coefficient (Wildman–Crippen LogP) is 3.40. The van der Waals surface area contributed by atoms with Crippen molar-refractivity contribution in [1.29, 1.82) is 0 Å². The molecule has 300 valence electrons. The van der Waals surface area contributed by atoms with Crippen molar-refractivity contribution in [2.24, 2.45) is 0 Å². The first-order valence-electron chi connectivity index (χ1n) is 18.9. The fourth-order valence-electron chi connectivity index (χ4n) is 7.38. The van der Waals surface area contributed by atoms with Gasteiger partial charge in [0, 0.05) is 29.9 Å². The number of ether oxygens (including phenoxy) is 3. The van der Waals surface area contributed by atoms with Crippen LogP contribution in [0.1, 0.15) is 42.2 Å². The monoisotopic (exact) mass is 797 g/mol. The Morgan fingerprint density at radius 1 is 0.947 bits per heavy atom. The molecule has 16 heteroatoms. The second-order valence-corrected chi connectivity index (χ2v) is 15.1. The standard InChI is InChI=1S/C41H47N7O8S/c1-24-31(21-57-39-34-37(43-22-44-39)48(23-45-34)40-36(51)35(50)30(20-49)56-40)55-28(19-42-24)18-17-25-11-9-10-16-29(25)46-38(52)33(47-41(53)54-2)32(26-12-5-3-6-13-26)27-14-7-4-8-15-27/h3-16,22-24,28,30-33,35-36,40,42,49-51H,17-21H2,1-2H3,(H,46,52)(H,47,53)/t24-,28-,30-,31-,33?,35-,36-,40-/m1/s1. The first-order valence-corrected chi connectivity index (χ1v) is 19.9. The van der Waals surface area contributed by atoms with Crippen LogP contribution in [-0.4, -0.2) is 115 Å². The molecular weight excluding hydrogens is 751 g/mol. The number of imidazole rings is 1. The minimum Gasteiger partial charge on any atom is -0.453 e. The maximum absolute atomic E-state index is 14.2. The zero-order chi connectivity index (χ0) is 39.9. The summed E-state index contributed by atoms with van der Waals surface area (Å²) in [5, 5.41) is 40.5. The molecule has 2 amide bonds. The van der Waals surface area contributed by atoms with Gasteiger partial charge in [-0.15, -0.1) is 11.8 Å². The van der Waals surface area contributed by atoms with Crippen LogP contribution in [0.5, 0.6) is 0 Å². The molecule has 2 aliphatic rings. The smallest absolute Gasteiger partial charge is 0.407 e. The van der Waals surface area contributed by atoms with Gasteiger partial charge >= 0.3 is 6.09 Å². The number of aliphatic hydroxyl groups is 3. The number of carbonyl (C=O) groups is 2. The lowest BCUT2D eigenvalue weighted by Crippen LogP contribution is -2.52. The Labute approximate surface area is 334 Å². The Kier molecular flexibility index (Phi) is 13.1. The molecule has 15 nitrogen and oxygen atoms in total. The van der Waals surface area contributed by atoms with Gasteiger partial charge in [0.05, 0.1) is 32.3 Å². The van der Waals surface area contributed by atoms with Gasteiger partial charge in [-0.1, -0.05) is 78.9 Å². The van der Waals surface area contributed by atoms with E-state index in [9.17, 15) is 24.9 Å². The van der Waals surface area contributed by atoms with E-state index in [4.69, 9.17) is 14.2 Å². The number of benzene rings is 3. The summed E-state index contributed by atoms with van der Waals surface area (Å²) in [6.07, 6.45) is -1.15. The predicted molar refractivity (Wildman–Crippen MR) is 213 cm³/mol. The van der Waals surface area contributed by atoms with E-state index in [1.165, 1.54) is 31.5 Å². The molecule has 57 heavy (non-hydrogen) atoms. The number of nitrogens with zero attached hydrogens (tertiary/aromatic N) is 4. The molecule has 6 N–H and O–H groups in total. The largest absolute Gasteiger partial charge is 0.453 e. The molecule has 1 unspecified atom stereocenters. The first kappa shape index (κ1) is 40.3. The van der Waals surface area contributed by atoms with E-state index >= 15 is 0 Å². The van der Waals surface area contributed by atoms with Crippen LogP contribution < -0.4 is 16.0 Å². The topological polar surface area (TPSA) is 202 Å². The van der Waals surface area contributed by atoms with Crippen LogP contribution in [0.2, 0.25) is 0 Å². The molecule has 0 saturated carbocycles. The van der Waals surface area contributed by atoms with Crippen molar-refractivity contribution in [1.82, 2.24) is 30.2 Å². The number of carbonyl (C=O) groups excluding carboxylic acids is 2. The number of aromatic nitrogens is 4. The van der Waals surface area contributed by atoms with Crippen molar-refractivity contribution in [3.8, 4) is 0 Å². The molecule has 2 aromatic heterocycles. The lowest BCUT2D eigenvalue weighted by molar-refractivity contribution is -0.118. The number of anilines is 1. The molecule has 2 saturated heterocycles. The fraction of sp³-hybridized carbons (Fsp3) is 0.390. The Balaban J connectivity index is 1.01. The van der Waals surface area contributed by atoms with Gasteiger partial charge < -0.3 is 45.5 Å². The third-order valence-electron chi connectivity index (χ3n) is 10.5. The third kappa shape index (κ3) is 9.12. The highest BCUT2D eigenvalue weighted by Gasteiger charge is 2.44. The highest BCUT2D eigenvalue weighted by atomic mass is 32.2. The highest BCUT2D eigenvalue weighted by Crippen LogP contribution is 2.34. The number of amides is 2. The average Bonchev–Trinajstić information content (AvgIpc) is 3.80. The van der Waals surface area contributed by atoms with Gasteiger partial charge in [-0.25, -0.2) is 19.7 Å². The Morgan fingerprint density at radius 2 is 1.65 bits per heavy atom. The number of morpholine rings is 1. The maximum Gasteiger partial charge on any atom is 0.407 e. The molecule has 3 aromatic carbocycles. The van der Waals surface area contributed by atoms with Crippen molar-refractivity contribution in [2.45, 2.75) is 79.5 Å². The number of rotatable bonds is 14. The van der Waals surface area contributed by atoms with E-state index in [1.807, 2.05) is 84.9 Å². The molecule has 4 heterocycles. The van der Waals surface area contributed by atoms with Gasteiger partial charge in [0.2, 0.25) is 5.91 Å². The van der Waals surface area contributed by atoms with Gasteiger partial charge in [-0.05, 0) is 42.5 Å². The second kappa shape index (κ2) is 18.5. The van der Waals surface area contributed by atoms with Crippen molar-refractivity contribution < 1.29 is 39.1 Å². The average molecular weight is 798 g/mol. The van der Waals surface area contributed by atoms with Crippen LogP contribution in [0, 0.1) is 0 Å². The van der Waals surface area contributed by atoms with E-state index in [0.717, 1.165) is 16.7 Å². The normalized spacial score (nSPS) is 24.0. The number of alkyl carbamates (subject to hydrolysis) is 1. The van der Waals surface area contributed by atoms with E-state index in [0.29, 0.717) is 47.0 Å². The summed E-state index contributed by atoms with van der Waals surface area (Å²) >= 11 is 1.48. The third-order valence-corrected chi connectivity index (χ3v) is 11.6. The van der Waals surface area contributed by atoms with Crippen LogP contribution in [-0.2, 0) is 25.4 Å². The van der Waals surface area contributed by atoms with Gasteiger partial charge in [0.15, 0.2) is 11.9 Å². The molecule has 0 radical (unpaired) electrons. The van der Waals surface area contributed by atoms with Crippen LogP contribution in [0.25, 0.3) is 11.2 Å². The maximum atomic E-state index is 14.2. The molecule has 0 bridgehead atoms. The molecule has 0 spiro atoms. The lowest BCUT2D eigenvalue weighted by atomic mass is 9.84. The number of nitrogens with one attached hydrogen (secondary N) is 3. The minimum atomic E-state index is -1.26. The lowest BCUT2D eigenvalue weighted by Gasteiger charge is -2.36. The Morgan fingerprint density at radius 3 is 2.33 bits per heavy atom. The zero-order valence-corrected chi connectivity index (χ0v) is 32.4. The summed E-state index contributed by atoms with van der Waals surface area (Å²) < 4.78 is 18.8. The van der Waals surface area contributed by atoms with E-state index < -0.39 is 49.2 Å². The number of hydrogen-bond donors (Lipinski definition) is 6. The molecule has 0 aliphatic carbocycles.